The topological polar surface area (TPSA) is 88.6 Å². The van der Waals surface area contributed by atoms with Crippen LogP contribution in [-0.4, -0.2) is 60.7 Å². The maximum Gasteiger partial charge on any atom is 0.240 e. The molecule has 0 unspecified atom stereocenters. The standard InChI is InChI=1S/C24H27ClFN5O3/c1-27-23(32)24(7-9-34-10-8-24)31(2)13-15-11-16-19(12-20(15)33-3)28-14-29-22(16)30-18-6-4-5-17(25)21(18)26/h4-6,11-12,14H,7-10,13H2,1-3H3,(H,27,32)(H,28,29,30). The van der Waals surface area contributed by atoms with Crippen LogP contribution < -0.4 is 15.4 Å². The average Bonchev–Trinajstić information content (AvgIpc) is 2.86. The third-order valence-corrected chi connectivity index (χ3v) is 6.64. The molecule has 1 aliphatic rings. The van der Waals surface area contributed by atoms with Crippen LogP contribution in [-0.2, 0) is 16.1 Å². The van der Waals surface area contributed by atoms with Gasteiger partial charge in [0.25, 0.3) is 0 Å². The van der Waals surface area contributed by atoms with Crippen molar-refractivity contribution in [1.29, 1.82) is 0 Å². The van der Waals surface area contributed by atoms with Gasteiger partial charge in [0.1, 0.15) is 23.4 Å². The number of fused-ring (bicyclic) bond motifs is 1. The molecule has 0 bridgehead atoms. The van der Waals surface area contributed by atoms with Crippen LogP contribution in [0.15, 0.2) is 36.7 Å². The smallest absolute Gasteiger partial charge is 0.240 e. The molecule has 3 aromatic rings. The first-order valence-corrected chi connectivity index (χ1v) is 11.3. The van der Waals surface area contributed by atoms with Crippen LogP contribution in [0.4, 0.5) is 15.9 Å². The van der Waals surface area contributed by atoms with Gasteiger partial charge in [-0.1, -0.05) is 17.7 Å². The van der Waals surface area contributed by atoms with Gasteiger partial charge in [-0.05, 0) is 38.1 Å². The summed E-state index contributed by atoms with van der Waals surface area (Å²) in [5.74, 6) is 0.471. The van der Waals surface area contributed by atoms with Crippen LogP contribution in [0.2, 0.25) is 5.02 Å². The molecule has 2 aromatic carbocycles. The zero-order chi connectivity index (χ0) is 24.3. The first-order valence-electron chi connectivity index (χ1n) is 10.9. The molecule has 1 amide bonds. The Balaban J connectivity index is 1.73. The third kappa shape index (κ3) is 4.51. The number of amides is 1. The van der Waals surface area contributed by atoms with Crippen LogP contribution in [0.1, 0.15) is 18.4 Å². The first-order chi connectivity index (χ1) is 16.4. The highest BCUT2D eigenvalue weighted by molar-refractivity contribution is 6.31. The van der Waals surface area contributed by atoms with Crippen molar-refractivity contribution < 1.29 is 18.7 Å². The van der Waals surface area contributed by atoms with Crippen LogP contribution in [0.5, 0.6) is 5.75 Å². The molecule has 8 nitrogen and oxygen atoms in total. The van der Waals surface area contributed by atoms with E-state index in [2.05, 4.69) is 20.6 Å². The maximum atomic E-state index is 14.5. The van der Waals surface area contributed by atoms with Crippen molar-refractivity contribution in [2.24, 2.45) is 0 Å². The minimum absolute atomic E-state index is 0.0169. The molecule has 0 radical (unpaired) electrons. The quantitative estimate of drug-likeness (QED) is 0.522. The first kappa shape index (κ1) is 24.1. The third-order valence-electron chi connectivity index (χ3n) is 6.35. The number of likely N-dealkylation sites (N-methyl/N-ethyl adjacent to an activating group) is 2. The van der Waals surface area contributed by atoms with E-state index >= 15 is 0 Å². The van der Waals surface area contributed by atoms with Crippen molar-refractivity contribution >= 4 is 39.9 Å². The molecule has 1 fully saturated rings. The van der Waals surface area contributed by atoms with Crippen molar-refractivity contribution in [2.45, 2.75) is 24.9 Å². The van der Waals surface area contributed by atoms with Gasteiger partial charge in [-0.15, -0.1) is 0 Å². The lowest BCUT2D eigenvalue weighted by Crippen LogP contribution is -2.59. The highest BCUT2D eigenvalue weighted by Crippen LogP contribution is 2.34. The fourth-order valence-corrected chi connectivity index (χ4v) is 4.58. The second-order valence-electron chi connectivity index (χ2n) is 8.21. The fourth-order valence-electron chi connectivity index (χ4n) is 4.40. The van der Waals surface area contributed by atoms with Gasteiger partial charge in [0.05, 0.1) is 23.3 Å². The number of halogens is 2. The second-order valence-corrected chi connectivity index (χ2v) is 8.62. The summed E-state index contributed by atoms with van der Waals surface area (Å²) in [6.07, 6.45) is 2.58. The number of methoxy groups -OCH3 is 1. The summed E-state index contributed by atoms with van der Waals surface area (Å²) >= 11 is 5.93. The summed E-state index contributed by atoms with van der Waals surface area (Å²) in [6.45, 7) is 1.46. The Morgan fingerprint density at radius 3 is 2.76 bits per heavy atom. The highest BCUT2D eigenvalue weighted by atomic mass is 35.5. The van der Waals surface area contributed by atoms with Crippen molar-refractivity contribution in [3.63, 3.8) is 0 Å². The van der Waals surface area contributed by atoms with E-state index in [1.165, 1.54) is 12.4 Å². The van der Waals surface area contributed by atoms with E-state index < -0.39 is 11.4 Å². The number of carbonyl (C=O) groups excluding carboxylic acids is 1. The second kappa shape index (κ2) is 10.1. The summed E-state index contributed by atoms with van der Waals surface area (Å²) in [6, 6.07) is 8.46. The van der Waals surface area contributed by atoms with E-state index in [1.807, 2.05) is 24.1 Å². The van der Waals surface area contributed by atoms with Gasteiger partial charge in [0.2, 0.25) is 5.91 Å². The molecular weight excluding hydrogens is 461 g/mol. The Morgan fingerprint density at radius 1 is 1.29 bits per heavy atom. The van der Waals surface area contributed by atoms with E-state index in [1.54, 1.807) is 26.3 Å². The summed E-state index contributed by atoms with van der Waals surface area (Å²) in [4.78, 5) is 23.6. The van der Waals surface area contributed by atoms with Gasteiger partial charge in [0, 0.05) is 43.8 Å². The molecule has 10 heteroatoms. The molecule has 180 valence electrons. The van der Waals surface area contributed by atoms with Gasteiger partial charge in [0.15, 0.2) is 5.82 Å². The van der Waals surface area contributed by atoms with Gasteiger partial charge >= 0.3 is 0 Å². The van der Waals surface area contributed by atoms with E-state index in [0.717, 1.165) is 5.56 Å². The maximum absolute atomic E-state index is 14.5. The number of hydrogen-bond acceptors (Lipinski definition) is 7. The molecule has 0 saturated carbocycles. The minimum atomic E-state index is -0.689. The van der Waals surface area contributed by atoms with Crippen LogP contribution >= 0.6 is 11.6 Å². The van der Waals surface area contributed by atoms with Crippen LogP contribution in [0.3, 0.4) is 0 Å². The zero-order valence-corrected chi connectivity index (χ0v) is 20.1. The molecule has 1 aromatic heterocycles. The summed E-state index contributed by atoms with van der Waals surface area (Å²) in [5.41, 5.74) is 1.00. The lowest BCUT2D eigenvalue weighted by atomic mass is 9.86. The van der Waals surface area contributed by atoms with Crippen molar-refractivity contribution in [3.8, 4) is 5.75 Å². The number of nitrogens with zero attached hydrogens (tertiary/aromatic N) is 3. The Morgan fingerprint density at radius 2 is 2.06 bits per heavy atom. The Hall–Kier alpha value is -3.01. The van der Waals surface area contributed by atoms with E-state index in [4.69, 9.17) is 21.1 Å². The van der Waals surface area contributed by atoms with Crippen LogP contribution in [0.25, 0.3) is 10.9 Å². The lowest BCUT2D eigenvalue weighted by molar-refractivity contribution is -0.139. The number of anilines is 2. The average molecular weight is 488 g/mol. The molecule has 34 heavy (non-hydrogen) atoms. The number of hydrogen-bond donors (Lipinski definition) is 2. The summed E-state index contributed by atoms with van der Waals surface area (Å²) < 4.78 is 25.7. The number of rotatable bonds is 7. The molecule has 2 N–H and O–H groups in total. The fraction of sp³-hybridized carbons (Fsp3) is 0.375. The lowest BCUT2D eigenvalue weighted by Gasteiger charge is -2.42. The Kier molecular flexibility index (Phi) is 7.16. The largest absolute Gasteiger partial charge is 0.496 e. The molecule has 0 spiro atoms. The van der Waals surface area contributed by atoms with Crippen molar-refractivity contribution in [1.82, 2.24) is 20.2 Å². The molecule has 4 rings (SSSR count). The Bertz CT molecular complexity index is 1200. The number of ether oxygens (including phenoxy) is 2. The summed E-state index contributed by atoms with van der Waals surface area (Å²) in [7, 11) is 5.16. The SMILES string of the molecule is CNC(=O)C1(N(C)Cc2cc3c(Nc4cccc(Cl)c4F)ncnc3cc2OC)CCOCC1. The van der Waals surface area contributed by atoms with Gasteiger partial charge in [-0.2, -0.15) is 0 Å². The normalized spacial score (nSPS) is 15.4. The van der Waals surface area contributed by atoms with Crippen molar-refractivity contribution in [2.75, 3.05) is 39.7 Å². The predicted octanol–water partition coefficient (Wildman–Crippen LogP) is 3.90. The van der Waals surface area contributed by atoms with Crippen LogP contribution in [0, 0.1) is 5.82 Å². The van der Waals surface area contributed by atoms with E-state index in [-0.39, 0.29) is 16.6 Å². The number of nitrogens with one attached hydrogen (secondary N) is 2. The number of carbonyl (C=O) groups is 1. The number of aromatic nitrogens is 2. The minimum Gasteiger partial charge on any atom is -0.496 e. The Labute approximate surface area is 202 Å². The van der Waals surface area contributed by atoms with Gasteiger partial charge < -0.3 is 20.1 Å². The van der Waals surface area contributed by atoms with Crippen molar-refractivity contribution in [3.05, 3.63) is 53.1 Å². The highest BCUT2D eigenvalue weighted by Gasteiger charge is 2.43. The molecule has 0 aliphatic carbocycles. The zero-order valence-electron chi connectivity index (χ0n) is 19.3. The number of benzene rings is 2. The molecule has 1 aliphatic heterocycles. The van der Waals surface area contributed by atoms with Gasteiger partial charge in [-0.3, -0.25) is 9.69 Å². The molecule has 2 heterocycles. The van der Waals surface area contributed by atoms with E-state index in [9.17, 15) is 9.18 Å². The molecule has 0 atom stereocenters. The predicted molar refractivity (Wildman–Crippen MR) is 129 cm³/mol. The molecular formula is C24H27ClFN5O3. The summed E-state index contributed by atoms with van der Waals surface area (Å²) in [5, 5.41) is 6.53. The molecule has 1 saturated heterocycles. The van der Waals surface area contributed by atoms with E-state index in [0.29, 0.717) is 55.1 Å². The van der Waals surface area contributed by atoms with Gasteiger partial charge in [-0.25, -0.2) is 14.4 Å². The monoisotopic (exact) mass is 487 g/mol.